The molecule has 0 saturated carbocycles. The molecule has 2 aromatic rings. The van der Waals surface area contributed by atoms with Gasteiger partial charge in [0.25, 0.3) is 5.91 Å². The molecule has 1 aromatic heterocycles. The smallest absolute Gasteiger partial charge is 0.335 e. The molecule has 0 saturated heterocycles. The fourth-order valence-electron chi connectivity index (χ4n) is 2.37. The summed E-state index contributed by atoms with van der Waals surface area (Å²) in [5.74, 6) is -0.786. The Kier molecular flexibility index (Phi) is 5.16. The number of carboxylic acids is 1. The predicted octanol–water partition coefficient (Wildman–Crippen LogP) is 3.05. The third-order valence-electron chi connectivity index (χ3n) is 3.46. The summed E-state index contributed by atoms with van der Waals surface area (Å²) < 4.78 is 1.87. The summed E-state index contributed by atoms with van der Waals surface area (Å²) >= 11 is 0. The zero-order valence-corrected chi connectivity index (χ0v) is 13.5. The molecule has 2 N–H and O–H groups in total. The number of anilines is 1. The van der Waals surface area contributed by atoms with Gasteiger partial charge < -0.3 is 10.4 Å². The molecule has 2 rings (SSSR count). The topological polar surface area (TPSA) is 84.2 Å². The Morgan fingerprint density at radius 2 is 1.91 bits per heavy atom. The second-order valence-corrected chi connectivity index (χ2v) is 5.77. The molecule has 0 bridgehead atoms. The van der Waals surface area contributed by atoms with Crippen LogP contribution in [0.25, 0.3) is 0 Å². The number of carbonyl (C=O) groups excluding carboxylic acids is 1. The van der Waals surface area contributed by atoms with Crippen LogP contribution in [0.5, 0.6) is 0 Å². The molecule has 0 aliphatic rings. The zero-order chi connectivity index (χ0) is 17.0. The highest BCUT2D eigenvalue weighted by molar-refractivity contribution is 6.05. The van der Waals surface area contributed by atoms with Crippen LogP contribution in [0.15, 0.2) is 30.5 Å². The van der Waals surface area contributed by atoms with E-state index in [4.69, 9.17) is 5.11 Å². The highest BCUT2D eigenvalue weighted by Crippen LogP contribution is 2.15. The van der Waals surface area contributed by atoms with E-state index in [9.17, 15) is 9.59 Å². The summed E-state index contributed by atoms with van der Waals surface area (Å²) in [6, 6.07) is 6.07. The number of nitrogens with one attached hydrogen (secondary N) is 1. The van der Waals surface area contributed by atoms with Gasteiger partial charge >= 0.3 is 5.97 Å². The van der Waals surface area contributed by atoms with Crippen LogP contribution in [0.3, 0.4) is 0 Å². The molecule has 6 nitrogen and oxygen atoms in total. The number of nitrogens with zero attached hydrogens (tertiary/aromatic N) is 2. The fraction of sp³-hybridized carbons (Fsp3) is 0.353. The lowest BCUT2D eigenvalue weighted by Gasteiger charge is -2.10. The number of carbonyl (C=O) groups is 2. The second kappa shape index (κ2) is 7.09. The third-order valence-corrected chi connectivity index (χ3v) is 3.46. The van der Waals surface area contributed by atoms with E-state index in [-0.39, 0.29) is 11.5 Å². The van der Waals surface area contributed by atoms with Gasteiger partial charge in [0, 0.05) is 12.2 Å². The lowest BCUT2D eigenvalue weighted by atomic mass is 10.1. The minimum atomic E-state index is -0.994. The fourth-order valence-corrected chi connectivity index (χ4v) is 2.37. The van der Waals surface area contributed by atoms with Gasteiger partial charge in [-0.3, -0.25) is 9.48 Å². The van der Waals surface area contributed by atoms with Crippen molar-refractivity contribution in [2.45, 2.75) is 33.7 Å². The van der Waals surface area contributed by atoms with Crippen LogP contribution in [-0.4, -0.2) is 26.8 Å². The maximum absolute atomic E-state index is 12.4. The van der Waals surface area contributed by atoms with Gasteiger partial charge in [-0.1, -0.05) is 20.8 Å². The number of hydrogen-bond acceptors (Lipinski definition) is 3. The zero-order valence-electron chi connectivity index (χ0n) is 13.5. The molecule has 0 spiro atoms. The molecule has 0 aliphatic heterocycles. The Labute approximate surface area is 135 Å². The van der Waals surface area contributed by atoms with Gasteiger partial charge in [0.05, 0.1) is 23.0 Å². The van der Waals surface area contributed by atoms with Gasteiger partial charge in [-0.05, 0) is 36.6 Å². The molecule has 122 valence electrons. The van der Waals surface area contributed by atoms with Gasteiger partial charge in [0.15, 0.2) is 0 Å². The van der Waals surface area contributed by atoms with Crippen molar-refractivity contribution in [3.8, 4) is 0 Å². The number of benzene rings is 1. The average Bonchev–Trinajstić information content (AvgIpc) is 2.89. The van der Waals surface area contributed by atoms with Crippen LogP contribution in [0, 0.1) is 5.92 Å². The molecule has 1 heterocycles. The molecule has 1 aromatic carbocycles. The first-order valence-corrected chi connectivity index (χ1v) is 7.61. The summed E-state index contributed by atoms with van der Waals surface area (Å²) in [5, 5.41) is 16.0. The van der Waals surface area contributed by atoms with Crippen LogP contribution < -0.4 is 5.32 Å². The number of aromatic carboxylic acids is 1. The van der Waals surface area contributed by atoms with Crippen molar-refractivity contribution in [2.24, 2.45) is 5.92 Å². The molecule has 1 amide bonds. The molecular formula is C17H21N3O3. The second-order valence-electron chi connectivity index (χ2n) is 5.77. The quantitative estimate of drug-likeness (QED) is 0.858. The standard InChI is InChI=1S/C17H21N3O3/c1-4-15-14(9-18-20(15)10-11(2)3)16(21)19-13-7-5-12(6-8-13)17(22)23/h5-9,11H,4,10H2,1-3H3,(H,19,21)(H,22,23). The van der Waals surface area contributed by atoms with Gasteiger partial charge in [-0.15, -0.1) is 0 Å². The lowest BCUT2D eigenvalue weighted by Crippen LogP contribution is -2.15. The van der Waals surface area contributed by atoms with E-state index in [0.717, 1.165) is 12.2 Å². The maximum atomic E-state index is 12.4. The van der Waals surface area contributed by atoms with Crippen LogP contribution in [-0.2, 0) is 13.0 Å². The first-order valence-electron chi connectivity index (χ1n) is 7.61. The molecule has 0 fully saturated rings. The summed E-state index contributed by atoms with van der Waals surface area (Å²) in [6.07, 6.45) is 2.30. The molecule has 0 radical (unpaired) electrons. The van der Waals surface area contributed by atoms with Gasteiger partial charge in [0.2, 0.25) is 0 Å². The lowest BCUT2D eigenvalue weighted by molar-refractivity contribution is 0.0696. The molecule has 0 aliphatic carbocycles. The Hall–Kier alpha value is -2.63. The van der Waals surface area contributed by atoms with Crippen molar-refractivity contribution in [3.05, 3.63) is 47.3 Å². The number of aromatic nitrogens is 2. The predicted molar refractivity (Wildman–Crippen MR) is 87.8 cm³/mol. The minimum absolute atomic E-state index is 0.182. The van der Waals surface area contributed by atoms with Crippen molar-refractivity contribution in [1.29, 1.82) is 0 Å². The number of hydrogen-bond donors (Lipinski definition) is 2. The molecule has 23 heavy (non-hydrogen) atoms. The highest BCUT2D eigenvalue weighted by Gasteiger charge is 2.17. The highest BCUT2D eigenvalue weighted by atomic mass is 16.4. The van der Waals surface area contributed by atoms with Crippen molar-refractivity contribution in [2.75, 3.05) is 5.32 Å². The Bertz CT molecular complexity index is 702. The minimum Gasteiger partial charge on any atom is -0.478 e. The Morgan fingerprint density at radius 3 is 2.43 bits per heavy atom. The number of amides is 1. The van der Waals surface area contributed by atoms with Crippen molar-refractivity contribution in [3.63, 3.8) is 0 Å². The van der Waals surface area contributed by atoms with Crippen molar-refractivity contribution in [1.82, 2.24) is 9.78 Å². The normalized spacial score (nSPS) is 10.8. The van der Waals surface area contributed by atoms with E-state index in [0.29, 0.717) is 23.6 Å². The van der Waals surface area contributed by atoms with Gasteiger partial charge in [-0.25, -0.2) is 4.79 Å². The van der Waals surface area contributed by atoms with E-state index in [1.165, 1.54) is 12.1 Å². The van der Waals surface area contributed by atoms with E-state index in [1.54, 1.807) is 18.3 Å². The molecule has 0 atom stereocenters. The van der Waals surface area contributed by atoms with Gasteiger partial charge in [-0.2, -0.15) is 5.10 Å². The van der Waals surface area contributed by atoms with Crippen molar-refractivity contribution >= 4 is 17.6 Å². The van der Waals surface area contributed by atoms with E-state index in [2.05, 4.69) is 24.3 Å². The number of carboxylic acid groups (broad SMARTS) is 1. The van der Waals surface area contributed by atoms with Crippen LogP contribution in [0.1, 0.15) is 47.2 Å². The summed E-state index contributed by atoms with van der Waals surface area (Å²) in [6.45, 7) is 6.96. The number of rotatable bonds is 6. The monoisotopic (exact) mass is 315 g/mol. The van der Waals surface area contributed by atoms with E-state index in [1.807, 2.05) is 11.6 Å². The molecule has 6 heteroatoms. The molecular weight excluding hydrogens is 294 g/mol. The summed E-state index contributed by atoms with van der Waals surface area (Å²) in [7, 11) is 0. The van der Waals surface area contributed by atoms with Gasteiger partial charge in [0.1, 0.15) is 0 Å². The van der Waals surface area contributed by atoms with Crippen LogP contribution in [0.4, 0.5) is 5.69 Å². The average molecular weight is 315 g/mol. The summed E-state index contributed by atoms with van der Waals surface area (Å²) in [4.78, 5) is 23.3. The van der Waals surface area contributed by atoms with E-state index >= 15 is 0 Å². The SMILES string of the molecule is CCc1c(C(=O)Nc2ccc(C(=O)O)cc2)cnn1CC(C)C. The van der Waals surface area contributed by atoms with E-state index < -0.39 is 5.97 Å². The molecule has 0 unspecified atom stereocenters. The largest absolute Gasteiger partial charge is 0.478 e. The summed E-state index contributed by atoms with van der Waals surface area (Å²) in [5.41, 5.74) is 2.19. The van der Waals surface area contributed by atoms with Crippen molar-refractivity contribution < 1.29 is 14.7 Å². The Morgan fingerprint density at radius 1 is 1.26 bits per heavy atom. The maximum Gasteiger partial charge on any atom is 0.335 e. The van der Waals surface area contributed by atoms with Crippen LogP contribution >= 0.6 is 0 Å². The van der Waals surface area contributed by atoms with Crippen LogP contribution in [0.2, 0.25) is 0 Å². The Balaban J connectivity index is 2.17. The first kappa shape index (κ1) is 16.7. The third kappa shape index (κ3) is 3.97. The first-order chi connectivity index (χ1) is 10.9.